The van der Waals surface area contributed by atoms with Crippen LogP contribution in [0.5, 0.6) is 0 Å². The Hall–Kier alpha value is -2.10. The summed E-state index contributed by atoms with van der Waals surface area (Å²) in [6, 6.07) is 10.9. The molecule has 2 rings (SSSR count). The van der Waals surface area contributed by atoms with E-state index in [0.29, 0.717) is 0 Å². The van der Waals surface area contributed by atoms with Crippen molar-refractivity contribution in [2.45, 2.75) is 0 Å². The molecule has 0 atom stereocenters. The van der Waals surface area contributed by atoms with Gasteiger partial charge in [-0.3, -0.25) is 4.79 Å². The van der Waals surface area contributed by atoms with Crippen molar-refractivity contribution in [3.05, 3.63) is 48.4 Å². The van der Waals surface area contributed by atoms with Crippen LogP contribution in [0.4, 0.5) is 5.69 Å². The fourth-order valence-electron chi connectivity index (χ4n) is 1.26. The number of hydrogen-bond acceptors (Lipinski definition) is 3. The molecule has 15 heavy (non-hydrogen) atoms. The first-order valence-electron chi connectivity index (χ1n) is 4.53. The first kappa shape index (κ1) is 9.45. The Morgan fingerprint density at radius 3 is 2.60 bits per heavy atom. The van der Waals surface area contributed by atoms with Crippen LogP contribution in [0.25, 0.3) is 0 Å². The Labute approximate surface area is 87.1 Å². The number of amides is 1. The lowest BCUT2D eigenvalue weighted by atomic mass is 10.3. The maximum Gasteiger partial charge on any atom is 0.296 e. The zero-order chi connectivity index (χ0) is 10.7. The van der Waals surface area contributed by atoms with E-state index in [-0.39, 0.29) is 11.7 Å². The van der Waals surface area contributed by atoms with E-state index in [1.54, 1.807) is 13.1 Å². The average molecular weight is 202 g/mol. The number of aromatic nitrogens is 1. The molecule has 0 aliphatic carbocycles. The summed E-state index contributed by atoms with van der Waals surface area (Å²) in [5.41, 5.74) is 0.818. The van der Waals surface area contributed by atoms with Gasteiger partial charge >= 0.3 is 0 Å². The molecule has 76 valence electrons. The molecule has 0 saturated heterocycles. The molecule has 0 spiro atoms. The molecule has 0 unspecified atom stereocenters. The lowest BCUT2D eigenvalue weighted by Gasteiger charge is -2.14. The number of para-hydroxylation sites is 1. The van der Waals surface area contributed by atoms with Gasteiger partial charge in [0.05, 0.1) is 6.20 Å². The normalized spacial score (nSPS) is 9.93. The Balaban J connectivity index is 2.23. The third-order valence-electron chi connectivity index (χ3n) is 2.10. The highest BCUT2D eigenvalue weighted by molar-refractivity contribution is 6.03. The van der Waals surface area contributed by atoms with Gasteiger partial charge in [0.15, 0.2) is 0 Å². The zero-order valence-electron chi connectivity index (χ0n) is 8.25. The molecule has 1 aromatic heterocycles. The molecule has 0 aliphatic rings. The zero-order valence-corrected chi connectivity index (χ0v) is 8.25. The van der Waals surface area contributed by atoms with Crippen LogP contribution >= 0.6 is 0 Å². The largest absolute Gasteiger partial charge is 0.351 e. The molecule has 1 heterocycles. The van der Waals surface area contributed by atoms with E-state index >= 15 is 0 Å². The Bertz CT molecular complexity index is 437. The summed E-state index contributed by atoms with van der Waals surface area (Å²) in [5, 5.41) is 3.50. The Morgan fingerprint density at radius 1 is 1.27 bits per heavy atom. The van der Waals surface area contributed by atoms with Crippen molar-refractivity contribution >= 4 is 11.6 Å². The number of anilines is 1. The molecule has 4 nitrogen and oxygen atoms in total. The molecular weight excluding hydrogens is 192 g/mol. The van der Waals surface area contributed by atoms with Crippen molar-refractivity contribution in [3.8, 4) is 0 Å². The van der Waals surface area contributed by atoms with Gasteiger partial charge in [-0.1, -0.05) is 23.4 Å². The van der Waals surface area contributed by atoms with Gasteiger partial charge in [0.25, 0.3) is 5.91 Å². The minimum atomic E-state index is -0.210. The first-order chi connectivity index (χ1) is 7.29. The van der Waals surface area contributed by atoms with Crippen molar-refractivity contribution in [2.75, 3.05) is 11.9 Å². The number of benzene rings is 1. The number of nitrogens with zero attached hydrogens (tertiary/aromatic N) is 2. The maximum absolute atomic E-state index is 11.8. The summed E-state index contributed by atoms with van der Waals surface area (Å²) in [6.45, 7) is 0. The fourth-order valence-corrected chi connectivity index (χ4v) is 1.26. The van der Waals surface area contributed by atoms with E-state index < -0.39 is 0 Å². The number of hydrogen-bond donors (Lipinski definition) is 0. The molecule has 0 bridgehead atoms. The summed E-state index contributed by atoms with van der Waals surface area (Å²) in [5.74, 6) is 0.0278. The quantitative estimate of drug-likeness (QED) is 0.747. The predicted octanol–water partition coefficient (Wildman–Crippen LogP) is 1.95. The molecule has 0 N–H and O–H groups in total. The minimum Gasteiger partial charge on any atom is -0.351 e. The van der Waals surface area contributed by atoms with Crippen LogP contribution in [0.1, 0.15) is 10.6 Å². The highest BCUT2D eigenvalue weighted by Crippen LogP contribution is 2.14. The van der Waals surface area contributed by atoms with Crippen molar-refractivity contribution in [2.24, 2.45) is 0 Å². The smallest absolute Gasteiger partial charge is 0.296 e. The van der Waals surface area contributed by atoms with Gasteiger partial charge in [-0.15, -0.1) is 0 Å². The van der Waals surface area contributed by atoms with Crippen molar-refractivity contribution in [3.63, 3.8) is 0 Å². The lowest BCUT2D eigenvalue weighted by molar-refractivity contribution is 0.0957. The van der Waals surface area contributed by atoms with E-state index in [9.17, 15) is 4.79 Å². The topological polar surface area (TPSA) is 46.3 Å². The third-order valence-corrected chi connectivity index (χ3v) is 2.10. The first-order valence-corrected chi connectivity index (χ1v) is 4.53. The summed E-state index contributed by atoms with van der Waals surface area (Å²) in [4.78, 5) is 13.3. The van der Waals surface area contributed by atoms with Gasteiger partial charge in [-0.05, 0) is 12.1 Å². The van der Waals surface area contributed by atoms with E-state index in [1.807, 2.05) is 30.3 Å². The standard InChI is InChI=1S/C11H10N2O2/c1-13(9-5-3-2-4-6-9)11(14)10-7-8-12-15-10/h2-8H,1H3. The Morgan fingerprint density at radius 2 is 2.00 bits per heavy atom. The van der Waals surface area contributed by atoms with E-state index in [2.05, 4.69) is 5.16 Å². The average Bonchev–Trinajstić information content (AvgIpc) is 2.82. The molecule has 0 saturated carbocycles. The monoisotopic (exact) mass is 202 g/mol. The molecule has 0 fully saturated rings. The summed E-state index contributed by atoms with van der Waals surface area (Å²) in [7, 11) is 1.69. The number of carbonyl (C=O) groups excluding carboxylic acids is 1. The Kier molecular flexibility index (Phi) is 2.49. The van der Waals surface area contributed by atoms with Gasteiger partial charge in [0.1, 0.15) is 0 Å². The number of carbonyl (C=O) groups is 1. The van der Waals surface area contributed by atoms with E-state index in [4.69, 9.17) is 4.52 Å². The molecule has 0 aliphatic heterocycles. The second kappa shape index (κ2) is 3.96. The molecule has 4 heteroatoms. The third kappa shape index (κ3) is 1.88. The van der Waals surface area contributed by atoms with Crippen LogP contribution in [0, 0.1) is 0 Å². The van der Waals surface area contributed by atoms with Crippen molar-refractivity contribution in [1.82, 2.24) is 5.16 Å². The second-order valence-electron chi connectivity index (χ2n) is 3.08. The molecular formula is C11H10N2O2. The van der Waals surface area contributed by atoms with Crippen LogP contribution in [0.2, 0.25) is 0 Å². The maximum atomic E-state index is 11.8. The van der Waals surface area contributed by atoms with Gasteiger partial charge < -0.3 is 9.42 Å². The van der Waals surface area contributed by atoms with Gasteiger partial charge in [-0.25, -0.2) is 0 Å². The minimum absolute atomic E-state index is 0.210. The number of rotatable bonds is 2. The van der Waals surface area contributed by atoms with Crippen LogP contribution < -0.4 is 4.90 Å². The lowest BCUT2D eigenvalue weighted by Crippen LogP contribution is -2.25. The van der Waals surface area contributed by atoms with Crippen LogP contribution in [-0.4, -0.2) is 18.1 Å². The predicted molar refractivity (Wildman–Crippen MR) is 55.7 cm³/mol. The highest BCUT2D eigenvalue weighted by atomic mass is 16.5. The van der Waals surface area contributed by atoms with Crippen LogP contribution in [0.15, 0.2) is 47.1 Å². The SMILES string of the molecule is CN(C(=O)c1ccno1)c1ccccc1. The summed E-state index contributed by atoms with van der Waals surface area (Å²) >= 11 is 0. The van der Waals surface area contributed by atoms with E-state index in [0.717, 1.165) is 5.69 Å². The highest BCUT2D eigenvalue weighted by Gasteiger charge is 2.16. The van der Waals surface area contributed by atoms with Crippen molar-refractivity contribution < 1.29 is 9.32 Å². The second-order valence-corrected chi connectivity index (χ2v) is 3.08. The van der Waals surface area contributed by atoms with Crippen molar-refractivity contribution in [1.29, 1.82) is 0 Å². The van der Waals surface area contributed by atoms with Gasteiger partial charge in [0.2, 0.25) is 5.76 Å². The van der Waals surface area contributed by atoms with Crippen LogP contribution in [-0.2, 0) is 0 Å². The molecule has 2 aromatic rings. The van der Waals surface area contributed by atoms with E-state index in [1.165, 1.54) is 11.1 Å². The molecule has 0 radical (unpaired) electrons. The molecule has 1 amide bonds. The molecule has 1 aromatic carbocycles. The summed E-state index contributed by atoms with van der Waals surface area (Å²) < 4.78 is 4.80. The van der Waals surface area contributed by atoms with Gasteiger partial charge in [-0.2, -0.15) is 0 Å². The van der Waals surface area contributed by atoms with Crippen LogP contribution in [0.3, 0.4) is 0 Å². The summed E-state index contributed by atoms with van der Waals surface area (Å²) in [6.07, 6.45) is 1.45. The van der Waals surface area contributed by atoms with Gasteiger partial charge in [0, 0.05) is 18.8 Å². The fraction of sp³-hybridized carbons (Fsp3) is 0.0909.